The molecule has 0 N–H and O–H groups in total. The van der Waals surface area contributed by atoms with Crippen LogP contribution in [0.1, 0.15) is 129 Å². The van der Waals surface area contributed by atoms with E-state index in [9.17, 15) is 0 Å². The maximum absolute atomic E-state index is 6.41. The van der Waals surface area contributed by atoms with Crippen LogP contribution in [0, 0.1) is 13.8 Å². The molecule has 0 unspecified atom stereocenters. The molecule has 0 aromatic heterocycles. The van der Waals surface area contributed by atoms with Crippen molar-refractivity contribution < 1.29 is 9.47 Å². The standard InChI is InChI=1S/C80H78O2/c1-11-13-15-17-35-81-63-31-27-52(28-32-63)66-46-58-38-62(80(8,9)10)40-60-48-68(54-29-33-64(34-30-54)82-36-18-16-14-12-2)76-70-42-55-43-71-65(51-23-19-49(3)20-24-51)45-57-37-61(79(5,6)7)39-59-47-67(53-25-21-50(4)22-26-53)75(77(71)73(57)59)69(55)41-56(70)44-72(66)78(76)74(58)60/h19-34,37-48H,11-18,35-36H2,1-10H3. The molecule has 0 saturated carbocycles. The summed E-state index contributed by atoms with van der Waals surface area (Å²) < 4.78 is 12.8. The van der Waals surface area contributed by atoms with Crippen molar-refractivity contribution in [1.82, 2.24) is 0 Å². The molecule has 0 spiro atoms. The van der Waals surface area contributed by atoms with Gasteiger partial charge in [-0.15, -0.1) is 0 Å². The Bertz CT molecular complexity index is 4470. The second kappa shape index (κ2) is 21.1. The van der Waals surface area contributed by atoms with Gasteiger partial charge < -0.3 is 9.47 Å². The van der Waals surface area contributed by atoms with Crippen LogP contribution in [0.25, 0.3) is 131 Å². The van der Waals surface area contributed by atoms with E-state index in [0.29, 0.717) is 0 Å². The third-order valence-electron chi connectivity index (χ3n) is 17.9. The molecule has 0 heterocycles. The fourth-order valence-corrected chi connectivity index (χ4v) is 13.3. The average Bonchev–Trinajstić information content (AvgIpc) is 2.07. The lowest BCUT2D eigenvalue weighted by Crippen LogP contribution is -2.11. The molecule has 0 radical (unpaired) electrons. The van der Waals surface area contributed by atoms with Gasteiger partial charge in [0.2, 0.25) is 0 Å². The van der Waals surface area contributed by atoms with Crippen LogP contribution < -0.4 is 9.47 Å². The van der Waals surface area contributed by atoms with E-state index in [4.69, 9.17) is 9.47 Å². The van der Waals surface area contributed by atoms with Gasteiger partial charge in [0.1, 0.15) is 11.5 Å². The molecule has 0 aliphatic rings. The molecular weight excluding hydrogens is 993 g/mol. The first kappa shape index (κ1) is 53.4. The van der Waals surface area contributed by atoms with Crippen LogP contribution in [0.5, 0.6) is 11.5 Å². The summed E-state index contributed by atoms with van der Waals surface area (Å²) in [7, 11) is 0. The quantitative estimate of drug-likeness (QED) is 0.0545. The minimum absolute atomic E-state index is 0.0340. The van der Waals surface area contributed by atoms with E-state index in [1.165, 1.54) is 191 Å². The van der Waals surface area contributed by atoms with Crippen molar-refractivity contribution in [2.24, 2.45) is 0 Å². The fraction of sp³-hybridized carbons (Fsp3) is 0.275. The molecule has 13 rings (SSSR count). The molecule has 0 amide bonds. The van der Waals surface area contributed by atoms with Crippen LogP contribution in [0.15, 0.2) is 170 Å². The first-order valence-corrected chi connectivity index (χ1v) is 30.6. The highest BCUT2D eigenvalue weighted by atomic mass is 16.5. The lowest BCUT2D eigenvalue weighted by molar-refractivity contribution is 0.305. The van der Waals surface area contributed by atoms with Crippen molar-refractivity contribution in [2.75, 3.05) is 13.2 Å². The molecule has 0 aliphatic heterocycles. The summed E-state index contributed by atoms with van der Waals surface area (Å²) in [6.45, 7) is 24.4. The number of hydrogen-bond acceptors (Lipinski definition) is 2. The maximum atomic E-state index is 6.41. The Morgan fingerprint density at radius 2 is 0.610 bits per heavy atom. The molecule has 2 heteroatoms. The Hall–Kier alpha value is -7.94. The number of fused-ring (bicyclic) bond motifs is 4. The topological polar surface area (TPSA) is 18.5 Å². The van der Waals surface area contributed by atoms with Crippen molar-refractivity contribution in [3.05, 3.63) is 192 Å². The normalized spacial score (nSPS) is 12.5. The summed E-state index contributed by atoms with van der Waals surface area (Å²) in [5, 5.41) is 20.6. The third-order valence-corrected chi connectivity index (χ3v) is 17.9. The summed E-state index contributed by atoms with van der Waals surface area (Å²) in [4.78, 5) is 0. The SMILES string of the molecule is CCCCCCOc1ccc(-c2cc3cc(C(C)(C)C)cc4cc(-c5ccc(OCCCCCC)cc5)c5c6cc7cc8c(-c9ccc(C)cc9)cc9cc(C(C)(C)C)cc%10cc(-c%11ccc(C)cc%11)c(c7cc6cc2c5c34)c8c9%10)cc1. The largest absolute Gasteiger partial charge is 0.494 e. The number of benzene rings is 13. The summed E-state index contributed by atoms with van der Waals surface area (Å²) in [5.41, 5.74) is 15.0. The zero-order valence-electron chi connectivity index (χ0n) is 50.1. The summed E-state index contributed by atoms with van der Waals surface area (Å²) in [6.07, 6.45) is 9.44. The Morgan fingerprint density at radius 3 is 0.951 bits per heavy atom. The highest BCUT2D eigenvalue weighted by Gasteiger charge is 2.26. The van der Waals surface area contributed by atoms with Crippen LogP contribution >= 0.6 is 0 Å². The number of hydrogen-bond donors (Lipinski definition) is 0. The van der Waals surface area contributed by atoms with E-state index >= 15 is 0 Å². The Morgan fingerprint density at radius 1 is 0.293 bits per heavy atom. The van der Waals surface area contributed by atoms with Crippen LogP contribution in [0.3, 0.4) is 0 Å². The first-order valence-electron chi connectivity index (χ1n) is 30.6. The molecular formula is C80H78O2. The van der Waals surface area contributed by atoms with Gasteiger partial charge in [0.25, 0.3) is 0 Å². The van der Waals surface area contributed by atoms with Gasteiger partial charge in [0.15, 0.2) is 0 Å². The zero-order valence-corrected chi connectivity index (χ0v) is 50.1. The summed E-state index contributed by atoms with van der Waals surface area (Å²) in [6, 6.07) is 66.5. The Balaban J connectivity index is 1.16. The van der Waals surface area contributed by atoms with E-state index in [1.54, 1.807) is 0 Å². The van der Waals surface area contributed by atoms with E-state index < -0.39 is 0 Å². The molecule has 0 saturated heterocycles. The van der Waals surface area contributed by atoms with Crippen molar-refractivity contribution in [3.63, 3.8) is 0 Å². The zero-order chi connectivity index (χ0) is 56.6. The third kappa shape index (κ3) is 9.66. The second-order valence-corrected chi connectivity index (χ2v) is 26.0. The maximum Gasteiger partial charge on any atom is 0.119 e. The van der Waals surface area contributed by atoms with E-state index in [1.807, 2.05) is 0 Å². The van der Waals surface area contributed by atoms with Crippen LogP contribution in [0.4, 0.5) is 0 Å². The highest BCUT2D eigenvalue weighted by molar-refractivity contribution is 6.39. The predicted molar refractivity (Wildman–Crippen MR) is 357 cm³/mol. The lowest BCUT2D eigenvalue weighted by atomic mass is 9.78. The molecule has 410 valence electrons. The summed E-state index contributed by atoms with van der Waals surface area (Å²) >= 11 is 0. The molecule has 2 nitrogen and oxygen atoms in total. The van der Waals surface area contributed by atoms with Crippen molar-refractivity contribution in [3.8, 4) is 56.0 Å². The number of aryl methyl sites for hydroxylation is 2. The first-order chi connectivity index (χ1) is 39.6. The van der Waals surface area contributed by atoms with Crippen molar-refractivity contribution in [1.29, 1.82) is 0 Å². The number of rotatable bonds is 16. The summed E-state index contributed by atoms with van der Waals surface area (Å²) in [5.74, 6) is 1.85. The van der Waals surface area contributed by atoms with Gasteiger partial charge in [-0.05, 0) is 252 Å². The van der Waals surface area contributed by atoms with Crippen LogP contribution in [0.2, 0.25) is 0 Å². The van der Waals surface area contributed by atoms with E-state index in [0.717, 1.165) is 37.6 Å². The predicted octanol–water partition coefficient (Wildman–Crippen LogP) is 23.6. The molecule has 0 atom stereocenters. The monoisotopic (exact) mass is 1070 g/mol. The van der Waals surface area contributed by atoms with Gasteiger partial charge in [-0.2, -0.15) is 0 Å². The van der Waals surface area contributed by atoms with Gasteiger partial charge in [-0.25, -0.2) is 0 Å². The van der Waals surface area contributed by atoms with Crippen molar-refractivity contribution in [2.45, 2.75) is 131 Å². The fourth-order valence-electron chi connectivity index (χ4n) is 13.3. The smallest absolute Gasteiger partial charge is 0.119 e. The molecule has 82 heavy (non-hydrogen) atoms. The Kier molecular flexibility index (Phi) is 13.7. The van der Waals surface area contributed by atoms with E-state index in [2.05, 4.69) is 239 Å². The molecule has 13 aromatic rings. The highest BCUT2D eigenvalue weighted by Crippen LogP contribution is 2.52. The van der Waals surface area contributed by atoms with Gasteiger partial charge in [-0.3, -0.25) is 0 Å². The van der Waals surface area contributed by atoms with Crippen molar-refractivity contribution >= 4 is 86.2 Å². The van der Waals surface area contributed by atoms with E-state index in [-0.39, 0.29) is 10.8 Å². The second-order valence-electron chi connectivity index (χ2n) is 26.0. The minimum Gasteiger partial charge on any atom is -0.494 e. The van der Waals surface area contributed by atoms with Gasteiger partial charge in [-0.1, -0.05) is 202 Å². The molecule has 0 aliphatic carbocycles. The number of unbranched alkanes of at least 4 members (excludes halogenated alkanes) is 6. The molecule has 0 fully saturated rings. The van der Waals surface area contributed by atoms with Gasteiger partial charge >= 0.3 is 0 Å². The lowest BCUT2D eigenvalue weighted by Gasteiger charge is -2.25. The average molecular weight is 1070 g/mol. The molecule has 13 aromatic carbocycles. The van der Waals surface area contributed by atoms with Crippen LogP contribution in [-0.2, 0) is 10.8 Å². The van der Waals surface area contributed by atoms with Gasteiger partial charge in [0.05, 0.1) is 13.2 Å². The number of ether oxygens (including phenoxy) is 2. The molecule has 0 bridgehead atoms. The Labute approximate surface area is 485 Å². The van der Waals surface area contributed by atoms with Crippen LogP contribution in [-0.4, -0.2) is 13.2 Å². The minimum atomic E-state index is -0.0596. The van der Waals surface area contributed by atoms with Gasteiger partial charge in [0, 0.05) is 0 Å².